The number of ether oxygens (including phenoxy) is 1. The summed E-state index contributed by atoms with van der Waals surface area (Å²) in [5.74, 6) is -2.64. The fourth-order valence-corrected chi connectivity index (χ4v) is 1.58. The summed E-state index contributed by atoms with van der Waals surface area (Å²) in [4.78, 5) is 11.0. The number of carboxylic acid groups (broad SMARTS) is 1. The third-order valence-electron chi connectivity index (χ3n) is 2.56. The Bertz CT molecular complexity index is 639. The second kappa shape index (κ2) is 5.06. The van der Waals surface area contributed by atoms with E-state index >= 15 is 0 Å². The SMILES string of the molecule is Cc1ccc(Oc2ccc(F)cc2F)cc1C(=O)O. The monoisotopic (exact) mass is 264 g/mol. The zero-order valence-electron chi connectivity index (χ0n) is 9.98. The molecule has 0 unspecified atom stereocenters. The number of rotatable bonds is 3. The zero-order chi connectivity index (χ0) is 14.0. The van der Waals surface area contributed by atoms with Crippen molar-refractivity contribution in [3.05, 3.63) is 59.2 Å². The van der Waals surface area contributed by atoms with E-state index < -0.39 is 17.6 Å². The largest absolute Gasteiger partial charge is 0.478 e. The van der Waals surface area contributed by atoms with Crippen LogP contribution in [0.3, 0.4) is 0 Å². The standard InChI is InChI=1S/C14H10F2O3/c1-8-2-4-10(7-11(8)14(17)18)19-13-5-3-9(15)6-12(13)16/h2-7H,1H3,(H,17,18). The molecule has 1 N–H and O–H groups in total. The third-order valence-corrected chi connectivity index (χ3v) is 2.56. The smallest absolute Gasteiger partial charge is 0.336 e. The molecule has 0 bridgehead atoms. The Morgan fingerprint density at radius 2 is 1.89 bits per heavy atom. The van der Waals surface area contributed by atoms with Gasteiger partial charge in [-0.3, -0.25) is 0 Å². The summed E-state index contributed by atoms with van der Waals surface area (Å²) in [6, 6.07) is 7.27. The number of carboxylic acids is 1. The van der Waals surface area contributed by atoms with Crippen molar-refractivity contribution in [1.29, 1.82) is 0 Å². The zero-order valence-corrected chi connectivity index (χ0v) is 9.98. The van der Waals surface area contributed by atoms with Gasteiger partial charge in [-0.25, -0.2) is 13.6 Å². The topological polar surface area (TPSA) is 46.5 Å². The quantitative estimate of drug-likeness (QED) is 0.918. The lowest BCUT2D eigenvalue weighted by molar-refractivity contribution is 0.0695. The highest BCUT2D eigenvalue weighted by atomic mass is 19.1. The average molecular weight is 264 g/mol. The molecule has 0 aliphatic carbocycles. The first-order valence-corrected chi connectivity index (χ1v) is 5.44. The Morgan fingerprint density at radius 3 is 2.53 bits per heavy atom. The maximum atomic E-state index is 13.4. The lowest BCUT2D eigenvalue weighted by Gasteiger charge is -2.08. The molecule has 2 aromatic rings. The minimum atomic E-state index is -1.09. The van der Waals surface area contributed by atoms with Crippen LogP contribution in [0.5, 0.6) is 11.5 Å². The van der Waals surface area contributed by atoms with E-state index in [1.54, 1.807) is 13.0 Å². The molecule has 5 heteroatoms. The molecule has 0 aliphatic rings. The molecule has 0 heterocycles. The van der Waals surface area contributed by atoms with Crippen molar-refractivity contribution in [3.63, 3.8) is 0 Å². The molecule has 0 aromatic heterocycles. The molecule has 0 saturated heterocycles. The van der Waals surface area contributed by atoms with Crippen LogP contribution in [-0.2, 0) is 0 Å². The molecule has 98 valence electrons. The number of carbonyl (C=O) groups is 1. The van der Waals surface area contributed by atoms with E-state index in [9.17, 15) is 13.6 Å². The van der Waals surface area contributed by atoms with Crippen LogP contribution in [0.15, 0.2) is 36.4 Å². The van der Waals surface area contributed by atoms with Gasteiger partial charge in [0.2, 0.25) is 0 Å². The van der Waals surface area contributed by atoms with Gasteiger partial charge in [-0.1, -0.05) is 6.07 Å². The average Bonchev–Trinajstić information content (AvgIpc) is 2.34. The minimum Gasteiger partial charge on any atom is -0.478 e. The van der Waals surface area contributed by atoms with Gasteiger partial charge in [0.05, 0.1) is 5.56 Å². The van der Waals surface area contributed by atoms with Crippen molar-refractivity contribution in [2.75, 3.05) is 0 Å². The fraction of sp³-hybridized carbons (Fsp3) is 0.0714. The molecule has 0 atom stereocenters. The van der Waals surface area contributed by atoms with Crippen molar-refractivity contribution < 1.29 is 23.4 Å². The Hall–Kier alpha value is -2.43. The third kappa shape index (κ3) is 2.88. The number of halogens is 2. The van der Waals surface area contributed by atoms with Gasteiger partial charge >= 0.3 is 5.97 Å². The van der Waals surface area contributed by atoms with Crippen LogP contribution in [0.2, 0.25) is 0 Å². The number of hydrogen-bond acceptors (Lipinski definition) is 2. The van der Waals surface area contributed by atoms with Crippen LogP contribution < -0.4 is 4.74 Å². The number of hydrogen-bond donors (Lipinski definition) is 1. The summed E-state index contributed by atoms with van der Waals surface area (Å²) in [5, 5.41) is 8.97. The predicted molar refractivity (Wildman–Crippen MR) is 64.6 cm³/mol. The fourth-order valence-electron chi connectivity index (χ4n) is 1.58. The lowest BCUT2D eigenvalue weighted by Crippen LogP contribution is -2.00. The van der Waals surface area contributed by atoms with E-state index in [0.29, 0.717) is 11.6 Å². The van der Waals surface area contributed by atoms with Crippen LogP contribution in [-0.4, -0.2) is 11.1 Å². The van der Waals surface area contributed by atoms with E-state index in [1.807, 2.05) is 0 Å². The van der Waals surface area contributed by atoms with Gasteiger partial charge in [-0.2, -0.15) is 0 Å². The van der Waals surface area contributed by atoms with E-state index in [4.69, 9.17) is 9.84 Å². The summed E-state index contributed by atoms with van der Waals surface area (Å²) >= 11 is 0. The highest BCUT2D eigenvalue weighted by Gasteiger charge is 2.11. The normalized spacial score (nSPS) is 10.3. The number of benzene rings is 2. The molecule has 0 aliphatic heterocycles. The molecule has 0 saturated carbocycles. The number of aryl methyl sites for hydroxylation is 1. The van der Waals surface area contributed by atoms with Crippen LogP contribution in [0.4, 0.5) is 8.78 Å². The summed E-state index contributed by atoms with van der Waals surface area (Å²) in [7, 11) is 0. The first-order chi connectivity index (χ1) is 8.97. The molecule has 2 aromatic carbocycles. The highest BCUT2D eigenvalue weighted by molar-refractivity contribution is 5.89. The first-order valence-electron chi connectivity index (χ1n) is 5.44. The van der Waals surface area contributed by atoms with Crippen molar-refractivity contribution in [2.45, 2.75) is 6.92 Å². The Morgan fingerprint density at radius 1 is 1.16 bits per heavy atom. The van der Waals surface area contributed by atoms with Gasteiger partial charge in [0, 0.05) is 6.07 Å². The second-order valence-electron chi connectivity index (χ2n) is 3.96. The molecule has 0 amide bonds. The van der Waals surface area contributed by atoms with Crippen LogP contribution in [0.1, 0.15) is 15.9 Å². The van der Waals surface area contributed by atoms with E-state index in [-0.39, 0.29) is 17.1 Å². The maximum absolute atomic E-state index is 13.4. The van der Waals surface area contributed by atoms with Gasteiger partial charge in [-0.05, 0) is 36.8 Å². The predicted octanol–water partition coefficient (Wildman–Crippen LogP) is 3.76. The Kier molecular flexibility index (Phi) is 3.46. The Balaban J connectivity index is 2.33. The van der Waals surface area contributed by atoms with Gasteiger partial charge < -0.3 is 9.84 Å². The molecule has 0 spiro atoms. The van der Waals surface area contributed by atoms with Crippen LogP contribution in [0.25, 0.3) is 0 Å². The van der Waals surface area contributed by atoms with E-state index in [2.05, 4.69) is 0 Å². The van der Waals surface area contributed by atoms with Crippen molar-refractivity contribution in [3.8, 4) is 11.5 Å². The van der Waals surface area contributed by atoms with E-state index in [0.717, 1.165) is 12.1 Å². The highest BCUT2D eigenvalue weighted by Crippen LogP contribution is 2.26. The molecule has 0 fully saturated rings. The Labute approximate surface area is 108 Å². The van der Waals surface area contributed by atoms with Crippen LogP contribution >= 0.6 is 0 Å². The molecule has 0 radical (unpaired) electrons. The summed E-state index contributed by atoms with van der Waals surface area (Å²) in [6.07, 6.45) is 0. The van der Waals surface area contributed by atoms with Crippen molar-refractivity contribution >= 4 is 5.97 Å². The second-order valence-corrected chi connectivity index (χ2v) is 3.96. The van der Waals surface area contributed by atoms with Crippen molar-refractivity contribution in [2.24, 2.45) is 0 Å². The molecule has 19 heavy (non-hydrogen) atoms. The first kappa shape index (κ1) is 13.0. The molecular weight excluding hydrogens is 254 g/mol. The summed E-state index contributed by atoms with van der Waals surface area (Å²) in [6.45, 7) is 1.64. The van der Waals surface area contributed by atoms with Gasteiger partial charge in [0.25, 0.3) is 0 Å². The lowest BCUT2D eigenvalue weighted by atomic mass is 10.1. The summed E-state index contributed by atoms with van der Waals surface area (Å²) in [5.41, 5.74) is 0.638. The van der Waals surface area contributed by atoms with Crippen LogP contribution in [0, 0.1) is 18.6 Å². The van der Waals surface area contributed by atoms with Gasteiger partial charge in [0.1, 0.15) is 11.6 Å². The minimum absolute atomic E-state index is 0.0695. The number of aromatic carboxylic acids is 1. The van der Waals surface area contributed by atoms with Crippen molar-refractivity contribution in [1.82, 2.24) is 0 Å². The van der Waals surface area contributed by atoms with Gasteiger partial charge in [0.15, 0.2) is 11.6 Å². The summed E-state index contributed by atoms with van der Waals surface area (Å²) < 4.78 is 31.3. The molecule has 2 rings (SSSR count). The van der Waals surface area contributed by atoms with Gasteiger partial charge in [-0.15, -0.1) is 0 Å². The van der Waals surface area contributed by atoms with E-state index in [1.165, 1.54) is 12.1 Å². The molecular formula is C14H10F2O3. The molecule has 3 nitrogen and oxygen atoms in total. The maximum Gasteiger partial charge on any atom is 0.336 e.